The highest BCUT2D eigenvalue weighted by Gasteiger charge is 2.28. The van der Waals surface area contributed by atoms with E-state index in [1.807, 2.05) is 0 Å². The van der Waals surface area contributed by atoms with Gasteiger partial charge in [0.1, 0.15) is 0 Å². The lowest BCUT2D eigenvalue weighted by Crippen LogP contribution is -2.42. The monoisotopic (exact) mass is 288 g/mol. The van der Waals surface area contributed by atoms with Gasteiger partial charge in [-0.15, -0.1) is 0 Å². The molecule has 0 aliphatic heterocycles. The second-order valence-corrected chi connectivity index (χ2v) is 6.29. The zero-order valence-corrected chi connectivity index (χ0v) is 12.1. The maximum Gasteiger partial charge on any atom is 0.227 e. The minimum absolute atomic E-state index is 0.0744. The Kier molecular flexibility index (Phi) is 7.23. The zero-order chi connectivity index (χ0) is 14.1. The summed E-state index contributed by atoms with van der Waals surface area (Å²) in [6, 6.07) is 0. The van der Waals surface area contributed by atoms with E-state index in [4.69, 9.17) is 5.73 Å². The van der Waals surface area contributed by atoms with Crippen LogP contribution >= 0.6 is 11.8 Å². The Bertz CT molecular complexity index is 302. The highest BCUT2D eigenvalue weighted by atomic mass is 32.2. The number of amides is 2. The third-order valence-corrected chi connectivity index (χ3v) is 4.35. The molecule has 0 radical (unpaired) electrons. The molecule has 0 saturated heterocycles. The van der Waals surface area contributed by atoms with Crippen molar-refractivity contribution in [1.82, 2.24) is 5.32 Å². The predicted molar refractivity (Wildman–Crippen MR) is 76.8 cm³/mol. The van der Waals surface area contributed by atoms with E-state index in [1.54, 1.807) is 0 Å². The topological polar surface area (TPSA) is 92.4 Å². The molecule has 19 heavy (non-hydrogen) atoms. The smallest absolute Gasteiger partial charge is 0.227 e. The molecule has 0 heterocycles. The van der Waals surface area contributed by atoms with Crippen molar-refractivity contribution >= 4 is 23.6 Å². The molecular weight excluding hydrogens is 264 g/mol. The molecule has 1 fully saturated rings. The molecular formula is C13H24N2O3S. The van der Waals surface area contributed by atoms with Crippen molar-refractivity contribution in [2.45, 2.75) is 50.5 Å². The predicted octanol–water partition coefficient (Wildman–Crippen LogP) is 0.796. The molecule has 0 aromatic carbocycles. The number of primary amides is 1. The van der Waals surface area contributed by atoms with Crippen LogP contribution in [0.1, 0.15) is 44.9 Å². The van der Waals surface area contributed by atoms with E-state index in [0.29, 0.717) is 18.7 Å². The van der Waals surface area contributed by atoms with Crippen LogP contribution in [0.5, 0.6) is 0 Å². The average Bonchev–Trinajstić information content (AvgIpc) is 2.58. The summed E-state index contributed by atoms with van der Waals surface area (Å²) in [6.07, 6.45) is 6.28. The standard InChI is InChI=1S/C13H24N2O3S/c14-11(16)9-19-8-5-12(17)15-10-13(18)6-3-1-2-4-7-13/h18H,1-10H2,(H2,14,16)(H,15,17). The van der Waals surface area contributed by atoms with Gasteiger partial charge in [-0.1, -0.05) is 25.7 Å². The molecule has 1 saturated carbocycles. The van der Waals surface area contributed by atoms with Gasteiger partial charge in [-0.2, -0.15) is 11.8 Å². The van der Waals surface area contributed by atoms with Gasteiger partial charge in [0, 0.05) is 18.7 Å². The Balaban J connectivity index is 2.16. The third kappa shape index (κ3) is 7.42. The molecule has 1 aliphatic carbocycles. The lowest BCUT2D eigenvalue weighted by Gasteiger charge is -2.26. The normalized spacial score (nSPS) is 18.6. The molecule has 0 aromatic rings. The number of hydrogen-bond acceptors (Lipinski definition) is 4. The summed E-state index contributed by atoms with van der Waals surface area (Å²) in [4.78, 5) is 22.1. The van der Waals surface area contributed by atoms with Crippen molar-refractivity contribution < 1.29 is 14.7 Å². The SMILES string of the molecule is NC(=O)CSCCC(=O)NCC1(O)CCCCCC1. The van der Waals surface area contributed by atoms with Gasteiger partial charge in [-0.05, 0) is 12.8 Å². The van der Waals surface area contributed by atoms with Crippen molar-refractivity contribution in [2.24, 2.45) is 5.73 Å². The van der Waals surface area contributed by atoms with Crippen LogP contribution in [0.4, 0.5) is 0 Å². The number of carbonyl (C=O) groups is 2. The molecule has 1 aliphatic rings. The number of rotatable bonds is 7. The number of nitrogens with one attached hydrogen (secondary N) is 1. The van der Waals surface area contributed by atoms with Crippen molar-refractivity contribution in [3.8, 4) is 0 Å². The van der Waals surface area contributed by atoms with Crippen LogP contribution in [0.15, 0.2) is 0 Å². The Morgan fingerprint density at radius 1 is 1.21 bits per heavy atom. The minimum atomic E-state index is -0.730. The Morgan fingerprint density at radius 3 is 2.42 bits per heavy atom. The van der Waals surface area contributed by atoms with Crippen LogP contribution in [-0.2, 0) is 9.59 Å². The molecule has 0 atom stereocenters. The highest BCUT2D eigenvalue weighted by molar-refractivity contribution is 7.99. The quantitative estimate of drug-likeness (QED) is 0.477. The van der Waals surface area contributed by atoms with E-state index in [2.05, 4.69) is 5.32 Å². The lowest BCUT2D eigenvalue weighted by molar-refractivity contribution is -0.122. The van der Waals surface area contributed by atoms with Crippen molar-refractivity contribution in [2.75, 3.05) is 18.1 Å². The van der Waals surface area contributed by atoms with Gasteiger partial charge >= 0.3 is 0 Å². The first kappa shape index (κ1) is 16.3. The fraction of sp³-hybridized carbons (Fsp3) is 0.846. The van der Waals surface area contributed by atoms with Gasteiger partial charge in [0.15, 0.2) is 0 Å². The molecule has 1 rings (SSSR count). The van der Waals surface area contributed by atoms with Gasteiger partial charge < -0.3 is 16.2 Å². The maximum atomic E-state index is 11.6. The number of aliphatic hydroxyl groups is 1. The molecule has 0 unspecified atom stereocenters. The molecule has 6 heteroatoms. The fourth-order valence-electron chi connectivity index (χ4n) is 2.25. The average molecular weight is 288 g/mol. The molecule has 0 aromatic heterocycles. The minimum Gasteiger partial charge on any atom is -0.388 e. The summed E-state index contributed by atoms with van der Waals surface area (Å²) in [6.45, 7) is 0.340. The van der Waals surface area contributed by atoms with E-state index in [-0.39, 0.29) is 17.6 Å². The molecule has 2 amide bonds. The van der Waals surface area contributed by atoms with Gasteiger partial charge in [-0.3, -0.25) is 9.59 Å². The summed E-state index contributed by atoms with van der Waals surface area (Å²) < 4.78 is 0. The molecule has 110 valence electrons. The number of hydrogen-bond donors (Lipinski definition) is 3. The highest BCUT2D eigenvalue weighted by Crippen LogP contribution is 2.26. The van der Waals surface area contributed by atoms with E-state index in [1.165, 1.54) is 24.6 Å². The first-order chi connectivity index (χ1) is 9.02. The Labute approximate surface area is 118 Å². The van der Waals surface area contributed by atoms with Crippen LogP contribution in [0.25, 0.3) is 0 Å². The van der Waals surface area contributed by atoms with Crippen LogP contribution in [0, 0.1) is 0 Å². The summed E-state index contributed by atoms with van der Waals surface area (Å²) in [5.74, 6) is 0.387. The van der Waals surface area contributed by atoms with Crippen LogP contribution in [-0.4, -0.2) is 40.6 Å². The van der Waals surface area contributed by atoms with Gasteiger partial charge in [0.2, 0.25) is 11.8 Å². The second kappa shape index (κ2) is 8.43. The number of thioether (sulfide) groups is 1. The second-order valence-electron chi connectivity index (χ2n) is 5.18. The van der Waals surface area contributed by atoms with E-state index in [9.17, 15) is 14.7 Å². The van der Waals surface area contributed by atoms with Crippen molar-refractivity contribution in [1.29, 1.82) is 0 Å². The molecule has 5 nitrogen and oxygen atoms in total. The zero-order valence-electron chi connectivity index (χ0n) is 11.3. The molecule has 4 N–H and O–H groups in total. The number of nitrogens with two attached hydrogens (primary N) is 1. The first-order valence-electron chi connectivity index (χ1n) is 6.87. The van der Waals surface area contributed by atoms with Gasteiger partial charge in [-0.25, -0.2) is 0 Å². The van der Waals surface area contributed by atoms with Gasteiger partial charge in [0.25, 0.3) is 0 Å². The maximum absolute atomic E-state index is 11.6. The van der Waals surface area contributed by atoms with Crippen molar-refractivity contribution in [3.63, 3.8) is 0 Å². The lowest BCUT2D eigenvalue weighted by atomic mass is 9.94. The largest absolute Gasteiger partial charge is 0.388 e. The summed E-state index contributed by atoms with van der Waals surface area (Å²) >= 11 is 1.36. The molecule has 0 spiro atoms. The van der Waals surface area contributed by atoms with Crippen LogP contribution in [0.2, 0.25) is 0 Å². The summed E-state index contributed by atoms with van der Waals surface area (Å²) in [5.41, 5.74) is 4.27. The Morgan fingerprint density at radius 2 is 1.84 bits per heavy atom. The van der Waals surface area contributed by atoms with Gasteiger partial charge in [0.05, 0.1) is 11.4 Å². The fourth-order valence-corrected chi connectivity index (χ4v) is 2.93. The summed E-state index contributed by atoms with van der Waals surface area (Å²) in [5, 5.41) is 13.2. The van der Waals surface area contributed by atoms with Crippen LogP contribution < -0.4 is 11.1 Å². The van der Waals surface area contributed by atoms with E-state index in [0.717, 1.165) is 25.7 Å². The van der Waals surface area contributed by atoms with E-state index < -0.39 is 5.60 Å². The molecule has 0 bridgehead atoms. The van der Waals surface area contributed by atoms with E-state index >= 15 is 0 Å². The Hall–Kier alpha value is -0.750. The first-order valence-corrected chi connectivity index (χ1v) is 8.02. The third-order valence-electron chi connectivity index (χ3n) is 3.37. The van der Waals surface area contributed by atoms with Crippen LogP contribution in [0.3, 0.4) is 0 Å². The summed E-state index contributed by atoms with van der Waals surface area (Å²) in [7, 11) is 0. The van der Waals surface area contributed by atoms with Crippen molar-refractivity contribution in [3.05, 3.63) is 0 Å². The number of carbonyl (C=O) groups excluding carboxylic acids is 2.